The summed E-state index contributed by atoms with van der Waals surface area (Å²) in [5.41, 5.74) is 0.709. The minimum Gasteiger partial charge on any atom is -0.340 e. The molecule has 1 fully saturated rings. The van der Waals surface area contributed by atoms with Crippen LogP contribution in [0, 0.1) is 11.6 Å². The maximum absolute atomic E-state index is 13.4. The summed E-state index contributed by atoms with van der Waals surface area (Å²) in [6.07, 6.45) is 0.135. The monoisotopic (exact) mass is 414 g/mol. The minimum absolute atomic E-state index is 0.0790. The number of hydrogen-bond acceptors (Lipinski definition) is 3. The molecule has 5 nitrogen and oxygen atoms in total. The van der Waals surface area contributed by atoms with Crippen molar-refractivity contribution in [1.82, 2.24) is 9.21 Å². The number of piperazine rings is 1. The lowest BCUT2D eigenvalue weighted by Crippen LogP contribution is -2.50. The molecule has 1 aliphatic heterocycles. The quantitative estimate of drug-likeness (QED) is 0.773. The number of nitrogens with zero attached hydrogens (tertiary/aromatic N) is 2. The number of halogens is 3. The van der Waals surface area contributed by atoms with Gasteiger partial charge in [0.15, 0.2) is 11.6 Å². The Balaban J connectivity index is 1.65. The third-order valence-corrected chi connectivity index (χ3v) is 6.68. The van der Waals surface area contributed by atoms with E-state index in [2.05, 4.69) is 0 Å². The van der Waals surface area contributed by atoms with Crippen molar-refractivity contribution in [2.75, 3.05) is 26.2 Å². The fraction of sp³-hybridized carbons (Fsp3) is 0.278. The molecule has 0 unspecified atom stereocenters. The molecule has 0 bridgehead atoms. The Kier molecular flexibility index (Phi) is 5.78. The highest BCUT2D eigenvalue weighted by Crippen LogP contribution is 2.21. The molecular weight excluding hydrogens is 398 g/mol. The zero-order valence-electron chi connectivity index (χ0n) is 14.2. The van der Waals surface area contributed by atoms with Crippen LogP contribution in [0.1, 0.15) is 5.56 Å². The van der Waals surface area contributed by atoms with Crippen molar-refractivity contribution in [3.63, 3.8) is 0 Å². The summed E-state index contributed by atoms with van der Waals surface area (Å²) in [4.78, 5) is 13.7. The van der Waals surface area contributed by atoms with Gasteiger partial charge in [-0.25, -0.2) is 17.2 Å². The Morgan fingerprint density at radius 2 is 1.67 bits per heavy atom. The molecule has 1 heterocycles. The van der Waals surface area contributed by atoms with Crippen molar-refractivity contribution in [3.05, 3.63) is 64.7 Å². The summed E-state index contributed by atoms with van der Waals surface area (Å²) < 4.78 is 52.7. The molecule has 0 aromatic heterocycles. The van der Waals surface area contributed by atoms with E-state index >= 15 is 0 Å². The van der Waals surface area contributed by atoms with Crippen LogP contribution in [0.2, 0.25) is 5.02 Å². The SMILES string of the molecule is O=C(Cc1ccccc1Cl)N1CCN(S(=O)(=O)c2ccc(F)c(F)c2)CC1. The number of carbonyl (C=O) groups excluding carboxylic acids is 1. The Morgan fingerprint density at radius 1 is 1.00 bits per heavy atom. The van der Waals surface area contributed by atoms with Gasteiger partial charge in [0.05, 0.1) is 11.3 Å². The van der Waals surface area contributed by atoms with Crippen LogP contribution < -0.4 is 0 Å². The standard InChI is InChI=1S/C18H17ClF2N2O3S/c19-15-4-2-1-3-13(15)11-18(24)22-7-9-23(10-8-22)27(25,26)14-5-6-16(20)17(21)12-14/h1-6,12H,7-11H2. The second-order valence-corrected chi connectivity index (χ2v) is 8.47. The lowest BCUT2D eigenvalue weighted by molar-refractivity contribution is -0.131. The molecule has 9 heteroatoms. The van der Waals surface area contributed by atoms with E-state index in [9.17, 15) is 22.0 Å². The van der Waals surface area contributed by atoms with Crippen molar-refractivity contribution in [2.45, 2.75) is 11.3 Å². The smallest absolute Gasteiger partial charge is 0.243 e. The van der Waals surface area contributed by atoms with E-state index in [4.69, 9.17) is 11.6 Å². The van der Waals surface area contributed by atoms with Gasteiger partial charge in [-0.15, -0.1) is 0 Å². The molecule has 27 heavy (non-hydrogen) atoms. The van der Waals surface area contributed by atoms with E-state index in [0.29, 0.717) is 16.7 Å². The lowest BCUT2D eigenvalue weighted by Gasteiger charge is -2.34. The minimum atomic E-state index is -3.95. The van der Waals surface area contributed by atoms with Crippen LogP contribution >= 0.6 is 11.6 Å². The van der Waals surface area contributed by atoms with Gasteiger partial charge in [-0.1, -0.05) is 29.8 Å². The maximum atomic E-state index is 13.4. The van der Waals surface area contributed by atoms with Gasteiger partial charge in [0, 0.05) is 31.2 Å². The summed E-state index contributed by atoms with van der Waals surface area (Å²) in [6.45, 7) is 0.587. The molecule has 0 saturated carbocycles. The van der Waals surface area contributed by atoms with E-state index in [-0.39, 0.29) is 43.4 Å². The predicted octanol–water partition coefficient (Wildman–Crippen LogP) is 2.69. The first-order valence-electron chi connectivity index (χ1n) is 8.25. The van der Waals surface area contributed by atoms with E-state index in [1.165, 1.54) is 4.31 Å². The Bertz CT molecular complexity index is 961. The lowest BCUT2D eigenvalue weighted by atomic mass is 10.1. The molecule has 0 aliphatic carbocycles. The van der Waals surface area contributed by atoms with Gasteiger partial charge in [-0.3, -0.25) is 4.79 Å². The maximum Gasteiger partial charge on any atom is 0.243 e. The number of hydrogen-bond donors (Lipinski definition) is 0. The summed E-state index contributed by atoms with van der Waals surface area (Å²) in [5.74, 6) is -2.47. The summed E-state index contributed by atoms with van der Waals surface area (Å²) in [6, 6.07) is 9.52. The fourth-order valence-electron chi connectivity index (χ4n) is 2.88. The first-order valence-corrected chi connectivity index (χ1v) is 10.1. The third kappa shape index (κ3) is 4.28. The highest BCUT2D eigenvalue weighted by Gasteiger charge is 2.30. The van der Waals surface area contributed by atoms with Gasteiger partial charge in [0.25, 0.3) is 0 Å². The summed E-state index contributed by atoms with van der Waals surface area (Å²) in [5, 5.41) is 0.505. The first kappa shape index (κ1) is 19.7. The molecule has 0 spiro atoms. The number of amides is 1. The molecule has 1 amide bonds. The van der Waals surface area contributed by atoms with E-state index < -0.39 is 21.7 Å². The molecule has 2 aromatic rings. The number of carbonyl (C=O) groups is 1. The van der Waals surface area contributed by atoms with Crippen LogP contribution in [0.15, 0.2) is 47.4 Å². The second-order valence-electron chi connectivity index (χ2n) is 6.13. The second kappa shape index (κ2) is 7.92. The summed E-state index contributed by atoms with van der Waals surface area (Å²) >= 11 is 6.07. The van der Waals surface area contributed by atoms with Crippen LogP contribution in [0.25, 0.3) is 0 Å². The normalized spacial score (nSPS) is 15.7. The fourth-order valence-corrected chi connectivity index (χ4v) is 4.52. The molecule has 1 aliphatic rings. The molecule has 2 aromatic carbocycles. The van der Waals surface area contributed by atoms with Crippen molar-refractivity contribution in [1.29, 1.82) is 0 Å². The zero-order chi connectivity index (χ0) is 19.6. The van der Waals surface area contributed by atoms with Crippen molar-refractivity contribution in [2.24, 2.45) is 0 Å². The van der Waals surface area contributed by atoms with Crippen molar-refractivity contribution in [3.8, 4) is 0 Å². The highest BCUT2D eigenvalue weighted by atomic mass is 35.5. The number of benzene rings is 2. The van der Waals surface area contributed by atoms with Crippen LogP contribution in [0.3, 0.4) is 0 Å². The van der Waals surface area contributed by atoms with Gasteiger partial charge in [-0.2, -0.15) is 4.31 Å². The van der Waals surface area contributed by atoms with Gasteiger partial charge in [0.1, 0.15) is 0 Å². The molecule has 1 saturated heterocycles. The van der Waals surface area contributed by atoms with E-state index in [1.54, 1.807) is 29.2 Å². The van der Waals surface area contributed by atoms with Crippen LogP contribution in [0.4, 0.5) is 8.78 Å². The Hall–Kier alpha value is -2.03. The van der Waals surface area contributed by atoms with Gasteiger partial charge < -0.3 is 4.90 Å². The van der Waals surface area contributed by atoms with Crippen LogP contribution in [-0.2, 0) is 21.2 Å². The molecule has 3 rings (SSSR count). The van der Waals surface area contributed by atoms with Crippen molar-refractivity contribution < 1.29 is 22.0 Å². The molecule has 144 valence electrons. The van der Waals surface area contributed by atoms with E-state index in [1.807, 2.05) is 0 Å². The number of rotatable bonds is 4. The van der Waals surface area contributed by atoms with Crippen LogP contribution in [-0.4, -0.2) is 49.7 Å². The molecular formula is C18H17ClF2N2O3S. The van der Waals surface area contributed by atoms with Crippen LogP contribution in [0.5, 0.6) is 0 Å². The Labute approximate surface area is 161 Å². The largest absolute Gasteiger partial charge is 0.340 e. The zero-order valence-corrected chi connectivity index (χ0v) is 15.8. The first-order chi connectivity index (χ1) is 12.8. The van der Waals surface area contributed by atoms with Crippen molar-refractivity contribution >= 4 is 27.5 Å². The predicted molar refractivity (Wildman–Crippen MR) is 96.9 cm³/mol. The van der Waals surface area contributed by atoms with E-state index in [0.717, 1.165) is 12.1 Å². The average Bonchev–Trinajstić information content (AvgIpc) is 2.65. The highest BCUT2D eigenvalue weighted by molar-refractivity contribution is 7.89. The molecule has 0 N–H and O–H groups in total. The van der Waals surface area contributed by atoms with Gasteiger partial charge >= 0.3 is 0 Å². The average molecular weight is 415 g/mol. The summed E-state index contributed by atoms with van der Waals surface area (Å²) in [7, 11) is -3.95. The van der Waals surface area contributed by atoms with Gasteiger partial charge in [-0.05, 0) is 29.8 Å². The molecule has 0 atom stereocenters. The Morgan fingerprint density at radius 3 is 2.30 bits per heavy atom. The third-order valence-electron chi connectivity index (χ3n) is 4.42. The van der Waals surface area contributed by atoms with Gasteiger partial charge in [0.2, 0.25) is 15.9 Å². The number of sulfonamides is 1. The molecule has 0 radical (unpaired) electrons. The topological polar surface area (TPSA) is 57.7 Å².